The van der Waals surface area contributed by atoms with Crippen molar-refractivity contribution in [1.82, 2.24) is 9.88 Å². The third-order valence-corrected chi connectivity index (χ3v) is 5.37. The number of para-hydroxylation sites is 1. The fourth-order valence-electron chi connectivity index (χ4n) is 2.50. The molecule has 7 nitrogen and oxygen atoms in total. The third kappa shape index (κ3) is 3.54. The molecule has 0 aliphatic heterocycles. The lowest BCUT2D eigenvalue weighted by Gasteiger charge is -2.10. The number of aryl methyl sites for hydroxylation is 1. The molecular weight excluding hydrogens is 342 g/mol. The van der Waals surface area contributed by atoms with Gasteiger partial charge in [-0.1, -0.05) is 23.4 Å². The molecule has 3 rings (SSSR count). The zero-order valence-corrected chi connectivity index (χ0v) is 14.6. The van der Waals surface area contributed by atoms with Crippen LogP contribution in [0.15, 0.2) is 51.9 Å². The molecule has 0 radical (unpaired) electrons. The zero-order valence-electron chi connectivity index (χ0n) is 13.7. The Balaban J connectivity index is 1.81. The molecule has 0 saturated carbocycles. The summed E-state index contributed by atoms with van der Waals surface area (Å²) < 4.78 is 31.5. The Labute approximate surface area is 145 Å². The van der Waals surface area contributed by atoms with Crippen LogP contribution in [-0.4, -0.2) is 26.5 Å². The number of nitrogens with one attached hydrogen (secondary N) is 2. The highest BCUT2D eigenvalue weighted by molar-refractivity contribution is 7.89. The summed E-state index contributed by atoms with van der Waals surface area (Å²) in [6.45, 7) is 1.69. The van der Waals surface area contributed by atoms with Gasteiger partial charge in [-0.2, -0.15) is 0 Å². The lowest BCUT2D eigenvalue weighted by atomic mass is 10.1. The van der Waals surface area contributed by atoms with Crippen molar-refractivity contribution >= 4 is 32.6 Å². The van der Waals surface area contributed by atoms with Crippen molar-refractivity contribution in [3.05, 3.63) is 53.7 Å². The number of hydrogen-bond acceptors (Lipinski definition) is 5. The Morgan fingerprint density at radius 2 is 1.96 bits per heavy atom. The summed E-state index contributed by atoms with van der Waals surface area (Å²) in [7, 11) is -2.25. The lowest BCUT2D eigenvalue weighted by Crippen LogP contribution is -2.20. The molecule has 1 aromatic heterocycles. The molecule has 1 heterocycles. The van der Waals surface area contributed by atoms with E-state index in [1.54, 1.807) is 25.1 Å². The topological polar surface area (TPSA) is 101 Å². The number of benzene rings is 2. The van der Waals surface area contributed by atoms with Crippen molar-refractivity contribution in [3.8, 4) is 0 Å². The van der Waals surface area contributed by atoms with Crippen molar-refractivity contribution in [1.29, 1.82) is 0 Å². The number of carbonyl (C=O) groups is 1. The molecule has 0 unspecified atom stereocenters. The fourth-order valence-corrected chi connectivity index (χ4v) is 3.49. The second-order valence-corrected chi connectivity index (χ2v) is 7.39. The SMILES string of the molecule is CNS(=O)(=O)c1cc(NC(=O)Cc2noc3ccccc23)ccc1C. The number of hydrogen-bond donors (Lipinski definition) is 2. The van der Waals surface area contributed by atoms with E-state index in [0.29, 0.717) is 22.5 Å². The molecule has 0 spiro atoms. The van der Waals surface area contributed by atoms with E-state index in [0.717, 1.165) is 5.39 Å². The Morgan fingerprint density at radius 3 is 2.72 bits per heavy atom. The van der Waals surface area contributed by atoms with Gasteiger partial charge in [-0.15, -0.1) is 0 Å². The van der Waals surface area contributed by atoms with E-state index in [9.17, 15) is 13.2 Å². The molecule has 2 N–H and O–H groups in total. The predicted octanol–water partition coefficient (Wildman–Crippen LogP) is 2.23. The number of carbonyl (C=O) groups excluding carboxylic acids is 1. The fraction of sp³-hybridized carbons (Fsp3) is 0.176. The van der Waals surface area contributed by atoms with Gasteiger partial charge in [0, 0.05) is 11.1 Å². The maximum Gasteiger partial charge on any atom is 0.240 e. The van der Waals surface area contributed by atoms with Crippen LogP contribution in [0, 0.1) is 6.92 Å². The summed E-state index contributed by atoms with van der Waals surface area (Å²) in [4.78, 5) is 12.4. The average molecular weight is 359 g/mol. The van der Waals surface area contributed by atoms with Crippen LogP contribution in [0.25, 0.3) is 11.0 Å². The number of sulfonamides is 1. The summed E-state index contributed by atoms with van der Waals surface area (Å²) in [5.74, 6) is -0.310. The summed E-state index contributed by atoms with van der Waals surface area (Å²) in [6, 6.07) is 12.0. The van der Waals surface area contributed by atoms with Gasteiger partial charge in [-0.05, 0) is 43.8 Å². The number of aromatic nitrogens is 1. The van der Waals surface area contributed by atoms with Crippen LogP contribution in [0.1, 0.15) is 11.3 Å². The van der Waals surface area contributed by atoms with Crippen LogP contribution < -0.4 is 10.0 Å². The summed E-state index contributed by atoms with van der Waals surface area (Å²) in [6.07, 6.45) is 0.0268. The number of nitrogens with zero attached hydrogens (tertiary/aromatic N) is 1. The van der Waals surface area contributed by atoms with Gasteiger partial charge in [-0.3, -0.25) is 4.79 Å². The number of amides is 1. The lowest BCUT2D eigenvalue weighted by molar-refractivity contribution is -0.115. The Hall–Kier alpha value is -2.71. The zero-order chi connectivity index (χ0) is 18.0. The minimum atomic E-state index is -3.59. The summed E-state index contributed by atoms with van der Waals surface area (Å²) >= 11 is 0. The normalized spacial score (nSPS) is 11.6. The highest BCUT2D eigenvalue weighted by atomic mass is 32.2. The molecular formula is C17H17N3O4S. The van der Waals surface area contributed by atoms with E-state index in [4.69, 9.17) is 4.52 Å². The van der Waals surface area contributed by atoms with Crippen molar-refractivity contribution in [2.24, 2.45) is 0 Å². The maximum absolute atomic E-state index is 12.3. The van der Waals surface area contributed by atoms with Gasteiger partial charge in [0.1, 0.15) is 5.69 Å². The minimum absolute atomic E-state index is 0.0268. The van der Waals surface area contributed by atoms with Gasteiger partial charge < -0.3 is 9.84 Å². The molecule has 0 bridgehead atoms. The Morgan fingerprint density at radius 1 is 1.20 bits per heavy atom. The van der Waals surface area contributed by atoms with Crippen molar-refractivity contribution in [2.75, 3.05) is 12.4 Å². The first-order valence-corrected chi connectivity index (χ1v) is 9.06. The summed E-state index contributed by atoms with van der Waals surface area (Å²) in [5, 5.41) is 7.39. The van der Waals surface area contributed by atoms with Crippen LogP contribution in [0.2, 0.25) is 0 Å². The van der Waals surface area contributed by atoms with E-state index in [2.05, 4.69) is 15.2 Å². The molecule has 2 aromatic carbocycles. The molecule has 0 saturated heterocycles. The average Bonchev–Trinajstić information content (AvgIpc) is 2.99. The van der Waals surface area contributed by atoms with Gasteiger partial charge in [0.2, 0.25) is 15.9 Å². The maximum atomic E-state index is 12.3. The van der Waals surface area contributed by atoms with Crippen molar-refractivity contribution in [3.63, 3.8) is 0 Å². The van der Waals surface area contributed by atoms with Gasteiger partial charge in [0.05, 0.1) is 11.3 Å². The first-order chi connectivity index (χ1) is 11.9. The molecule has 0 atom stereocenters. The first-order valence-electron chi connectivity index (χ1n) is 7.58. The molecule has 8 heteroatoms. The van der Waals surface area contributed by atoms with Gasteiger partial charge in [0.15, 0.2) is 5.58 Å². The smallest absolute Gasteiger partial charge is 0.240 e. The van der Waals surface area contributed by atoms with E-state index < -0.39 is 10.0 Å². The standard InChI is InChI=1S/C17H17N3O4S/c1-11-7-8-12(9-16(11)25(22,23)18-2)19-17(21)10-14-13-5-3-4-6-15(13)24-20-14/h3-9,18H,10H2,1-2H3,(H,19,21). The third-order valence-electron chi connectivity index (χ3n) is 3.81. The van der Waals surface area contributed by atoms with Gasteiger partial charge in [-0.25, -0.2) is 13.1 Å². The molecule has 0 aliphatic carbocycles. The molecule has 3 aromatic rings. The second kappa shape index (κ2) is 6.66. The quantitative estimate of drug-likeness (QED) is 0.727. The van der Waals surface area contributed by atoms with E-state index in [1.165, 1.54) is 13.1 Å². The Bertz CT molecular complexity index is 1040. The molecule has 0 aliphatic rings. The number of fused-ring (bicyclic) bond motifs is 1. The molecule has 0 fully saturated rings. The highest BCUT2D eigenvalue weighted by Gasteiger charge is 2.17. The van der Waals surface area contributed by atoms with Crippen molar-refractivity contribution < 1.29 is 17.7 Å². The number of rotatable bonds is 5. The van der Waals surface area contributed by atoms with E-state index >= 15 is 0 Å². The molecule has 130 valence electrons. The summed E-state index contributed by atoms with van der Waals surface area (Å²) in [5.41, 5.74) is 2.14. The Kier molecular flexibility index (Phi) is 4.56. The van der Waals surface area contributed by atoms with E-state index in [-0.39, 0.29) is 17.2 Å². The number of anilines is 1. The van der Waals surface area contributed by atoms with Crippen LogP contribution in [-0.2, 0) is 21.2 Å². The minimum Gasteiger partial charge on any atom is -0.356 e. The van der Waals surface area contributed by atoms with Gasteiger partial charge >= 0.3 is 0 Å². The van der Waals surface area contributed by atoms with Crippen LogP contribution in [0.5, 0.6) is 0 Å². The monoisotopic (exact) mass is 359 g/mol. The van der Waals surface area contributed by atoms with Crippen LogP contribution in [0.3, 0.4) is 0 Å². The molecule has 25 heavy (non-hydrogen) atoms. The predicted molar refractivity (Wildman–Crippen MR) is 93.8 cm³/mol. The first kappa shape index (κ1) is 17.1. The highest BCUT2D eigenvalue weighted by Crippen LogP contribution is 2.21. The van der Waals surface area contributed by atoms with Crippen LogP contribution in [0.4, 0.5) is 5.69 Å². The molecule has 1 amide bonds. The van der Waals surface area contributed by atoms with Gasteiger partial charge in [0.25, 0.3) is 0 Å². The van der Waals surface area contributed by atoms with E-state index in [1.807, 2.05) is 18.2 Å². The second-order valence-electron chi connectivity index (χ2n) is 5.54. The van der Waals surface area contributed by atoms with Crippen molar-refractivity contribution in [2.45, 2.75) is 18.2 Å². The largest absolute Gasteiger partial charge is 0.356 e. The van der Waals surface area contributed by atoms with Crippen LogP contribution >= 0.6 is 0 Å².